The van der Waals surface area contributed by atoms with Gasteiger partial charge in [-0.25, -0.2) is 0 Å². The van der Waals surface area contributed by atoms with E-state index in [2.05, 4.69) is 32.6 Å². The van der Waals surface area contributed by atoms with Crippen LogP contribution in [-0.2, 0) is 9.59 Å². The summed E-state index contributed by atoms with van der Waals surface area (Å²) in [5.74, 6) is 3.38. The molecule has 0 saturated carbocycles. The van der Waals surface area contributed by atoms with Crippen molar-refractivity contribution in [3.05, 3.63) is 0 Å². The predicted octanol–water partition coefficient (Wildman–Crippen LogP) is 3.26. The number of hydrogen-bond donors (Lipinski definition) is 2. The summed E-state index contributed by atoms with van der Waals surface area (Å²) in [6.07, 6.45) is 1.17. The van der Waals surface area contributed by atoms with Crippen LogP contribution in [-0.4, -0.2) is 22.2 Å². The molecule has 4 nitrogen and oxygen atoms in total. The second-order valence-corrected chi connectivity index (χ2v) is 6.22. The normalized spacial score (nSPS) is 16.7. The second kappa shape index (κ2) is 7.94. The maximum absolute atomic E-state index is 11.4. The van der Waals surface area contributed by atoms with Gasteiger partial charge in [-0.05, 0) is 38.5 Å². The van der Waals surface area contributed by atoms with E-state index >= 15 is 0 Å². The van der Waals surface area contributed by atoms with Crippen LogP contribution in [0, 0.1) is 35.0 Å². The lowest BCUT2D eigenvalue weighted by Gasteiger charge is -2.32. The molecule has 0 radical (unpaired) electrons. The quantitative estimate of drug-likeness (QED) is 0.670. The smallest absolute Gasteiger partial charge is 0.308 e. The largest absolute Gasteiger partial charge is 0.481 e. The van der Waals surface area contributed by atoms with Crippen molar-refractivity contribution in [3.63, 3.8) is 0 Å². The molecule has 0 amide bonds. The van der Waals surface area contributed by atoms with Gasteiger partial charge in [-0.2, -0.15) is 0 Å². The summed E-state index contributed by atoms with van der Waals surface area (Å²) < 4.78 is 0. The first-order chi connectivity index (χ1) is 9.12. The zero-order valence-corrected chi connectivity index (χ0v) is 13.1. The van der Waals surface area contributed by atoms with Gasteiger partial charge in [-0.3, -0.25) is 9.59 Å². The first kappa shape index (κ1) is 18.5. The van der Waals surface area contributed by atoms with Crippen LogP contribution in [0.2, 0.25) is 0 Å². The van der Waals surface area contributed by atoms with Crippen LogP contribution in [0.25, 0.3) is 0 Å². The molecule has 0 aliphatic carbocycles. The van der Waals surface area contributed by atoms with Crippen LogP contribution in [0.3, 0.4) is 0 Å². The van der Waals surface area contributed by atoms with Gasteiger partial charge in [0.1, 0.15) is 0 Å². The lowest BCUT2D eigenvalue weighted by Crippen LogP contribution is -2.36. The molecule has 0 saturated heterocycles. The zero-order valence-electron chi connectivity index (χ0n) is 13.1. The first-order valence-electron chi connectivity index (χ1n) is 7.00. The van der Waals surface area contributed by atoms with Gasteiger partial charge in [0.15, 0.2) is 0 Å². The Balaban J connectivity index is 5.25. The molecule has 0 aromatic carbocycles. The number of carbonyl (C=O) groups is 2. The van der Waals surface area contributed by atoms with Crippen LogP contribution in [0.1, 0.15) is 53.9 Å². The van der Waals surface area contributed by atoms with E-state index in [1.54, 1.807) is 13.8 Å². The highest BCUT2D eigenvalue weighted by Gasteiger charge is 2.40. The van der Waals surface area contributed by atoms with E-state index in [1.165, 1.54) is 0 Å². The summed E-state index contributed by atoms with van der Waals surface area (Å²) in [6.45, 7) is 9.72. The highest BCUT2D eigenvalue weighted by atomic mass is 16.4. The molecule has 0 aromatic heterocycles. The zero-order chi connectivity index (χ0) is 15.9. The van der Waals surface area contributed by atoms with Crippen molar-refractivity contribution in [2.75, 3.05) is 0 Å². The summed E-state index contributed by atoms with van der Waals surface area (Å²) in [4.78, 5) is 22.3. The summed E-state index contributed by atoms with van der Waals surface area (Å²) in [5.41, 5.74) is -0.812. The molecule has 2 N–H and O–H groups in total. The molecule has 0 aliphatic rings. The molecule has 0 fully saturated rings. The lowest BCUT2D eigenvalue weighted by atomic mass is 9.69. The average Bonchev–Trinajstić information content (AvgIpc) is 2.23. The molecule has 0 aliphatic heterocycles. The number of aliphatic carboxylic acids is 2. The van der Waals surface area contributed by atoms with Crippen LogP contribution in [0.4, 0.5) is 0 Å². The van der Waals surface area contributed by atoms with E-state index in [9.17, 15) is 14.7 Å². The van der Waals surface area contributed by atoms with Gasteiger partial charge < -0.3 is 10.2 Å². The molecule has 0 heterocycles. The van der Waals surface area contributed by atoms with Crippen molar-refractivity contribution < 1.29 is 19.8 Å². The number of rotatable bonds is 8. The molecule has 0 bridgehead atoms. The second-order valence-electron chi connectivity index (χ2n) is 6.22. The van der Waals surface area contributed by atoms with Gasteiger partial charge in [-0.1, -0.05) is 26.7 Å². The van der Waals surface area contributed by atoms with Crippen molar-refractivity contribution in [1.29, 1.82) is 0 Å². The van der Waals surface area contributed by atoms with Gasteiger partial charge in [0.25, 0.3) is 0 Å². The van der Waals surface area contributed by atoms with Crippen LogP contribution in [0.15, 0.2) is 0 Å². The third-order valence-electron chi connectivity index (χ3n) is 3.50. The third kappa shape index (κ3) is 6.10. The third-order valence-corrected chi connectivity index (χ3v) is 3.50. The Morgan fingerprint density at radius 3 is 2.10 bits per heavy atom. The molecular weight excluding hydrogens is 256 g/mol. The van der Waals surface area contributed by atoms with E-state index in [-0.39, 0.29) is 0 Å². The van der Waals surface area contributed by atoms with E-state index in [4.69, 9.17) is 5.11 Å². The summed E-state index contributed by atoms with van der Waals surface area (Å²) in [5, 5.41) is 18.3. The summed E-state index contributed by atoms with van der Waals surface area (Å²) in [7, 11) is 0. The minimum atomic E-state index is -1.10. The molecule has 3 atom stereocenters. The number of hydrogen-bond acceptors (Lipinski definition) is 2. The van der Waals surface area contributed by atoms with Crippen molar-refractivity contribution in [2.24, 2.45) is 23.2 Å². The minimum Gasteiger partial charge on any atom is -0.481 e. The van der Waals surface area contributed by atoms with Crippen LogP contribution in [0.5, 0.6) is 0 Å². The maximum atomic E-state index is 11.4. The van der Waals surface area contributed by atoms with Crippen molar-refractivity contribution in [3.8, 4) is 11.8 Å². The SMILES string of the molecule is CC#CC(C)(CC(C)CC(C)C)C(CC(=O)O)C(=O)O. The molecule has 4 heteroatoms. The Kier molecular flexibility index (Phi) is 7.34. The molecular formula is C16H26O4. The van der Waals surface area contributed by atoms with Crippen LogP contribution < -0.4 is 0 Å². The lowest BCUT2D eigenvalue weighted by molar-refractivity contribution is -0.152. The van der Waals surface area contributed by atoms with E-state index in [1.807, 2.05) is 0 Å². The van der Waals surface area contributed by atoms with Gasteiger partial charge in [-0.15, -0.1) is 5.92 Å². The average molecular weight is 282 g/mol. The fraction of sp³-hybridized carbons (Fsp3) is 0.750. The molecule has 114 valence electrons. The Labute approximate surface area is 121 Å². The van der Waals surface area contributed by atoms with E-state index in [0.717, 1.165) is 6.42 Å². The maximum Gasteiger partial charge on any atom is 0.308 e. The number of carboxylic acids is 2. The Hall–Kier alpha value is -1.50. The predicted molar refractivity (Wildman–Crippen MR) is 78.2 cm³/mol. The fourth-order valence-corrected chi connectivity index (χ4v) is 2.94. The monoisotopic (exact) mass is 282 g/mol. The van der Waals surface area contributed by atoms with Gasteiger partial charge >= 0.3 is 11.9 Å². The number of carboxylic acid groups (broad SMARTS) is 2. The van der Waals surface area contributed by atoms with Gasteiger partial charge in [0.05, 0.1) is 12.3 Å². The van der Waals surface area contributed by atoms with Crippen molar-refractivity contribution >= 4 is 11.9 Å². The molecule has 0 rings (SSSR count). The van der Waals surface area contributed by atoms with E-state index in [0.29, 0.717) is 18.3 Å². The molecule has 0 aromatic rings. The standard InChI is InChI=1S/C16H26O4/c1-6-7-16(5,10-12(4)8-11(2)3)13(15(19)20)9-14(17)18/h11-13H,8-10H2,1-5H3,(H,17,18)(H,19,20). The van der Waals surface area contributed by atoms with E-state index < -0.39 is 29.7 Å². The highest BCUT2D eigenvalue weighted by molar-refractivity contribution is 5.79. The van der Waals surface area contributed by atoms with Gasteiger partial charge in [0.2, 0.25) is 0 Å². The molecule has 3 unspecified atom stereocenters. The Morgan fingerprint density at radius 1 is 1.20 bits per heavy atom. The van der Waals surface area contributed by atoms with Gasteiger partial charge in [0, 0.05) is 5.41 Å². The van der Waals surface area contributed by atoms with Crippen LogP contribution >= 0.6 is 0 Å². The van der Waals surface area contributed by atoms with Crippen molar-refractivity contribution in [2.45, 2.75) is 53.9 Å². The topological polar surface area (TPSA) is 74.6 Å². The minimum absolute atomic E-state index is 0.302. The Bertz CT molecular complexity index is 402. The fourth-order valence-electron chi connectivity index (χ4n) is 2.94. The molecule has 0 spiro atoms. The highest BCUT2D eigenvalue weighted by Crippen LogP contribution is 2.38. The van der Waals surface area contributed by atoms with Crippen molar-refractivity contribution in [1.82, 2.24) is 0 Å². The Morgan fingerprint density at radius 2 is 1.75 bits per heavy atom. The molecule has 20 heavy (non-hydrogen) atoms. The first-order valence-corrected chi connectivity index (χ1v) is 7.00. The summed E-state index contributed by atoms with van der Waals surface area (Å²) >= 11 is 0. The summed E-state index contributed by atoms with van der Waals surface area (Å²) in [6, 6.07) is 0.